The molecule has 1 aliphatic heterocycles. The molecule has 0 spiro atoms. The highest BCUT2D eigenvalue weighted by Crippen LogP contribution is 2.43. The van der Waals surface area contributed by atoms with Crippen molar-refractivity contribution in [3.8, 4) is 5.75 Å². The molecule has 3 rings (SSSR count). The Bertz CT molecular complexity index is 663. The van der Waals surface area contributed by atoms with Gasteiger partial charge in [0, 0.05) is 0 Å². The second-order valence-electron chi connectivity index (χ2n) is 6.01. The Hall–Kier alpha value is -1.81. The molecular formula is C17H18ClNO3. The van der Waals surface area contributed by atoms with Crippen molar-refractivity contribution in [3.05, 3.63) is 34.4 Å². The van der Waals surface area contributed by atoms with Crippen LogP contribution >= 0.6 is 11.6 Å². The lowest BCUT2D eigenvalue weighted by molar-refractivity contribution is -0.122. The minimum Gasteiger partial charge on any atom is -0.495 e. The van der Waals surface area contributed by atoms with E-state index in [1.807, 2.05) is 13.8 Å². The molecule has 0 saturated carbocycles. The van der Waals surface area contributed by atoms with E-state index in [2.05, 4.69) is 0 Å². The molecule has 0 aromatic heterocycles. The Morgan fingerprint density at radius 3 is 2.09 bits per heavy atom. The second-order valence-corrected chi connectivity index (χ2v) is 6.42. The molecular weight excluding hydrogens is 302 g/mol. The molecule has 2 atom stereocenters. The number of methoxy groups -OCH3 is 1. The van der Waals surface area contributed by atoms with Gasteiger partial charge in [0.05, 0.1) is 29.7 Å². The van der Waals surface area contributed by atoms with Gasteiger partial charge in [-0.3, -0.25) is 9.59 Å². The number of rotatable bonds is 2. The number of imide groups is 1. The fourth-order valence-corrected chi connectivity index (χ4v) is 3.55. The largest absolute Gasteiger partial charge is 0.495 e. The molecule has 0 radical (unpaired) electrons. The smallest absolute Gasteiger partial charge is 0.238 e. The van der Waals surface area contributed by atoms with E-state index in [0.717, 1.165) is 0 Å². The normalized spacial score (nSPS) is 24.8. The number of amides is 2. The molecule has 2 aliphatic rings. The summed E-state index contributed by atoms with van der Waals surface area (Å²) < 4.78 is 5.11. The van der Waals surface area contributed by atoms with E-state index in [4.69, 9.17) is 16.3 Å². The van der Waals surface area contributed by atoms with Gasteiger partial charge >= 0.3 is 0 Å². The van der Waals surface area contributed by atoms with Crippen molar-refractivity contribution in [2.24, 2.45) is 11.8 Å². The Morgan fingerprint density at radius 2 is 1.64 bits per heavy atom. The van der Waals surface area contributed by atoms with Crippen molar-refractivity contribution in [2.75, 3.05) is 12.0 Å². The summed E-state index contributed by atoms with van der Waals surface area (Å²) in [5.41, 5.74) is 2.96. The maximum atomic E-state index is 12.7. The van der Waals surface area contributed by atoms with Crippen LogP contribution in [0.15, 0.2) is 29.3 Å². The number of anilines is 1. The molecule has 2 amide bonds. The summed E-state index contributed by atoms with van der Waals surface area (Å²) in [5.74, 6) is -0.199. The van der Waals surface area contributed by atoms with Gasteiger partial charge in [-0.15, -0.1) is 0 Å². The van der Waals surface area contributed by atoms with Gasteiger partial charge in [0.2, 0.25) is 11.8 Å². The molecule has 1 fully saturated rings. The lowest BCUT2D eigenvalue weighted by atomic mass is 9.78. The van der Waals surface area contributed by atoms with E-state index in [0.29, 0.717) is 29.3 Å². The zero-order valence-electron chi connectivity index (χ0n) is 12.9. The summed E-state index contributed by atoms with van der Waals surface area (Å²) in [6.07, 6.45) is 1.34. The van der Waals surface area contributed by atoms with Crippen molar-refractivity contribution in [3.63, 3.8) is 0 Å². The maximum Gasteiger partial charge on any atom is 0.238 e. The van der Waals surface area contributed by atoms with E-state index in [-0.39, 0.29) is 23.7 Å². The molecule has 116 valence electrons. The average Bonchev–Trinajstić information content (AvgIpc) is 2.71. The number of hydrogen-bond acceptors (Lipinski definition) is 3. The third kappa shape index (κ3) is 2.22. The fraction of sp³-hybridized carbons (Fsp3) is 0.412. The van der Waals surface area contributed by atoms with Crippen LogP contribution in [0.25, 0.3) is 0 Å². The highest BCUT2D eigenvalue weighted by molar-refractivity contribution is 6.33. The van der Waals surface area contributed by atoms with Crippen LogP contribution < -0.4 is 9.64 Å². The van der Waals surface area contributed by atoms with Gasteiger partial charge < -0.3 is 4.74 Å². The average molecular weight is 320 g/mol. The molecule has 1 aliphatic carbocycles. The summed E-state index contributed by atoms with van der Waals surface area (Å²) in [4.78, 5) is 26.6. The molecule has 22 heavy (non-hydrogen) atoms. The van der Waals surface area contributed by atoms with Crippen LogP contribution in [0.2, 0.25) is 5.02 Å². The van der Waals surface area contributed by atoms with E-state index in [1.165, 1.54) is 23.2 Å². The highest BCUT2D eigenvalue weighted by atomic mass is 35.5. The predicted molar refractivity (Wildman–Crippen MR) is 85.1 cm³/mol. The monoisotopic (exact) mass is 319 g/mol. The molecule has 1 heterocycles. The zero-order valence-corrected chi connectivity index (χ0v) is 13.6. The van der Waals surface area contributed by atoms with Crippen molar-refractivity contribution < 1.29 is 14.3 Å². The van der Waals surface area contributed by atoms with Gasteiger partial charge in [-0.05, 0) is 44.9 Å². The lowest BCUT2D eigenvalue weighted by Crippen LogP contribution is -2.30. The predicted octanol–water partition coefficient (Wildman–Crippen LogP) is 3.58. The molecule has 0 bridgehead atoms. The molecule has 5 heteroatoms. The first-order valence-electron chi connectivity index (χ1n) is 7.30. The van der Waals surface area contributed by atoms with Gasteiger partial charge in [0.15, 0.2) is 0 Å². The zero-order chi connectivity index (χ0) is 16.0. The topological polar surface area (TPSA) is 46.6 Å². The first kappa shape index (κ1) is 15.1. The van der Waals surface area contributed by atoms with Crippen LogP contribution in [-0.4, -0.2) is 18.9 Å². The first-order valence-corrected chi connectivity index (χ1v) is 7.68. The van der Waals surface area contributed by atoms with E-state index < -0.39 is 0 Å². The third-order valence-electron chi connectivity index (χ3n) is 4.74. The maximum absolute atomic E-state index is 12.7. The van der Waals surface area contributed by atoms with Gasteiger partial charge in [-0.25, -0.2) is 4.90 Å². The number of ether oxygens (including phenoxy) is 1. The van der Waals surface area contributed by atoms with Crippen LogP contribution in [-0.2, 0) is 9.59 Å². The van der Waals surface area contributed by atoms with Gasteiger partial charge in [0.1, 0.15) is 5.75 Å². The number of halogens is 1. The Morgan fingerprint density at radius 1 is 1.09 bits per heavy atom. The summed E-state index contributed by atoms with van der Waals surface area (Å²) in [6.45, 7) is 4.08. The van der Waals surface area contributed by atoms with E-state index in [1.54, 1.807) is 18.2 Å². The van der Waals surface area contributed by atoms with Crippen LogP contribution in [0, 0.1) is 11.8 Å². The number of benzene rings is 1. The number of fused-ring (bicyclic) bond motifs is 1. The Kier molecular flexibility index (Phi) is 3.73. The van der Waals surface area contributed by atoms with Crippen molar-refractivity contribution >= 4 is 29.1 Å². The summed E-state index contributed by atoms with van der Waals surface area (Å²) in [5, 5.41) is 0.390. The van der Waals surface area contributed by atoms with Crippen molar-refractivity contribution in [1.29, 1.82) is 0 Å². The van der Waals surface area contributed by atoms with E-state index in [9.17, 15) is 9.59 Å². The van der Waals surface area contributed by atoms with E-state index >= 15 is 0 Å². The van der Waals surface area contributed by atoms with Gasteiger partial charge in [-0.2, -0.15) is 0 Å². The van der Waals surface area contributed by atoms with Crippen LogP contribution in [0.3, 0.4) is 0 Å². The summed E-state index contributed by atoms with van der Waals surface area (Å²) >= 11 is 6.12. The summed E-state index contributed by atoms with van der Waals surface area (Å²) in [6, 6.07) is 4.99. The molecule has 4 nitrogen and oxygen atoms in total. The number of hydrogen-bond donors (Lipinski definition) is 0. The molecule has 1 aromatic rings. The molecule has 0 unspecified atom stereocenters. The number of allylic oxidation sites excluding steroid dienone is 2. The minimum atomic E-state index is -0.239. The van der Waals surface area contributed by atoms with Gasteiger partial charge in [0.25, 0.3) is 0 Å². The van der Waals surface area contributed by atoms with Crippen LogP contribution in [0.5, 0.6) is 5.75 Å². The number of carbonyl (C=O) groups excluding carboxylic acids is 2. The summed E-state index contributed by atoms with van der Waals surface area (Å²) in [7, 11) is 1.53. The quantitative estimate of drug-likeness (QED) is 0.618. The second kappa shape index (κ2) is 5.43. The number of nitrogens with zero attached hydrogens (tertiary/aromatic N) is 1. The highest BCUT2D eigenvalue weighted by Gasteiger charge is 2.49. The fourth-order valence-electron chi connectivity index (χ4n) is 3.30. The molecule has 1 saturated heterocycles. The van der Waals surface area contributed by atoms with Crippen LogP contribution in [0.4, 0.5) is 5.69 Å². The van der Waals surface area contributed by atoms with Crippen molar-refractivity contribution in [1.82, 2.24) is 0 Å². The third-order valence-corrected chi connectivity index (χ3v) is 5.03. The van der Waals surface area contributed by atoms with Gasteiger partial charge in [-0.1, -0.05) is 22.7 Å². The SMILES string of the molecule is COc1ccc(N2C(=O)[C@@H]3CC(C)=C(C)C[C@H]3C2=O)cc1Cl. The lowest BCUT2D eigenvalue weighted by Gasteiger charge is -2.23. The van der Waals surface area contributed by atoms with Crippen molar-refractivity contribution in [2.45, 2.75) is 26.7 Å². The Labute approximate surface area is 134 Å². The Balaban J connectivity index is 1.96. The molecule has 0 N–H and O–H groups in total. The van der Waals surface area contributed by atoms with Crippen LogP contribution in [0.1, 0.15) is 26.7 Å². The number of carbonyl (C=O) groups is 2. The minimum absolute atomic E-state index is 0.122. The first-order chi connectivity index (χ1) is 10.4. The standard InChI is InChI=1S/C17H18ClNO3/c1-9-6-12-13(7-10(9)2)17(21)19(16(12)20)11-4-5-15(22-3)14(18)8-11/h4-5,8,12-13H,6-7H2,1-3H3/t12-,13-/m1/s1. The molecule has 1 aromatic carbocycles.